The monoisotopic (exact) mass is 793 g/mol. The Bertz CT molecular complexity index is 3030. The van der Waals surface area contributed by atoms with Gasteiger partial charge in [0.2, 0.25) is 0 Å². The number of hydrogen-bond donors (Lipinski definition) is 0. The molecule has 0 spiro atoms. The number of halogens is 1. The Morgan fingerprint density at radius 2 is 1.13 bits per heavy atom. The number of rotatable bonds is 4. The fourth-order valence-electron chi connectivity index (χ4n) is 8.30. The quantitative estimate of drug-likeness (QED) is 0.164. The SMILES string of the molecule is CC1(C)c2ccccc2-n2c3ccc(-c4ccc5oc6ccc(C7=NC(c8ccccc8)=NC(c8ccccc8)=I7)cc6c5c4)cc3c3cccc1c32. The molecule has 53 heavy (non-hydrogen) atoms. The molecule has 0 radical (unpaired) electrons. The molecule has 2 aromatic heterocycles. The largest absolute Gasteiger partial charge is 0.456 e. The summed E-state index contributed by atoms with van der Waals surface area (Å²) >= 11 is -0.629. The smallest absolute Gasteiger partial charge is 0.161 e. The van der Waals surface area contributed by atoms with E-state index in [0.717, 1.165) is 51.8 Å². The first-order chi connectivity index (χ1) is 26.0. The predicted molar refractivity (Wildman–Crippen MR) is 230 cm³/mol. The van der Waals surface area contributed by atoms with E-state index in [1.807, 2.05) is 18.2 Å². The average molecular weight is 794 g/mol. The summed E-state index contributed by atoms with van der Waals surface area (Å²) in [6.07, 6.45) is 0. The van der Waals surface area contributed by atoms with Gasteiger partial charge in [0.05, 0.1) is 16.7 Å². The molecule has 0 bridgehead atoms. The van der Waals surface area contributed by atoms with Crippen LogP contribution in [-0.4, -0.2) is 17.8 Å². The molecule has 0 amide bonds. The number of fused-ring (bicyclic) bond motifs is 8. The van der Waals surface area contributed by atoms with Crippen LogP contribution in [-0.2, 0) is 5.41 Å². The molecule has 252 valence electrons. The van der Waals surface area contributed by atoms with Gasteiger partial charge in [-0.25, -0.2) is 9.98 Å². The highest BCUT2D eigenvalue weighted by Gasteiger charge is 2.34. The highest BCUT2D eigenvalue weighted by Crippen LogP contribution is 2.48. The molecule has 0 fully saturated rings. The summed E-state index contributed by atoms with van der Waals surface area (Å²) in [4.78, 5) is 10.3. The molecule has 4 nitrogen and oxygen atoms in total. The van der Waals surface area contributed by atoms with Crippen LogP contribution in [0.4, 0.5) is 0 Å². The van der Waals surface area contributed by atoms with Crippen LogP contribution in [0.3, 0.4) is 0 Å². The summed E-state index contributed by atoms with van der Waals surface area (Å²) in [7, 11) is 0. The number of amidine groups is 1. The van der Waals surface area contributed by atoms with Crippen molar-refractivity contribution in [3.8, 4) is 16.8 Å². The molecule has 0 atom stereocenters. The van der Waals surface area contributed by atoms with Gasteiger partial charge < -0.3 is 8.98 Å². The van der Waals surface area contributed by atoms with Gasteiger partial charge in [-0.2, -0.15) is 0 Å². The molecule has 2 aliphatic heterocycles. The normalized spacial score (nSPS) is 14.9. The molecular formula is C48H32IN3O. The van der Waals surface area contributed by atoms with Crippen molar-refractivity contribution < 1.29 is 4.42 Å². The second-order valence-electron chi connectivity index (χ2n) is 14.4. The number of hydrogen-bond acceptors (Lipinski definition) is 3. The number of para-hydroxylation sites is 2. The molecule has 4 heterocycles. The van der Waals surface area contributed by atoms with Crippen LogP contribution in [0, 0.1) is 0 Å². The van der Waals surface area contributed by atoms with Crippen LogP contribution in [0.15, 0.2) is 172 Å². The maximum absolute atomic E-state index is 6.42. The van der Waals surface area contributed by atoms with Gasteiger partial charge in [-0.15, -0.1) is 0 Å². The molecule has 0 N–H and O–H groups in total. The van der Waals surface area contributed by atoms with Gasteiger partial charge in [0.15, 0.2) is 5.84 Å². The summed E-state index contributed by atoms with van der Waals surface area (Å²) < 4.78 is 11.1. The number of furan rings is 1. The van der Waals surface area contributed by atoms with Crippen molar-refractivity contribution in [2.45, 2.75) is 19.3 Å². The Balaban J connectivity index is 1.05. The van der Waals surface area contributed by atoms with Gasteiger partial charge in [-0.1, -0.05) is 123 Å². The van der Waals surface area contributed by atoms with E-state index in [1.54, 1.807) is 0 Å². The molecule has 0 saturated heterocycles. The first-order valence-corrected chi connectivity index (χ1v) is 20.1. The van der Waals surface area contributed by atoms with Gasteiger partial charge >= 0.3 is 0 Å². The highest BCUT2D eigenvalue weighted by atomic mass is 127. The lowest BCUT2D eigenvalue weighted by molar-refractivity contribution is 0.630. The van der Waals surface area contributed by atoms with Crippen LogP contribution in [0.25, 0.3) is 60.6 Å². The van der Waals surface area contributed by atoms with Crippen molar-refractivity contribution in [1.29, 1.82) is 0 Å². The van der Waals surface area contributed by atoms with Crippen molar-refractivity contribution in [2.24, 2.45) is 9.98 Å². The minimum absolute atomic E-state index is 0.0856. The van der Waals surface area contributed by atoms with Crippen molar-refractivity contribution in [3.05, 3.63) is 186 Å². The predicted octanol–water partition coefficient (Wildman–Crippen LogP) is 12.3. The van der Waals surface area contributed by atoms with Crippen LogP contribution < -0.4 is 0 Å². The van der Waals surface area contributed by atoms with Crippen LogP contribution in [0.1, 0.15) is 41.7 Å². The first kappa shape index (κ1) is 30.7. The lowest BCUT2D eigenvalue weighted by atomic mass is 9.75. The first-order valence-electron chi connectivity index (χ1n) is 18.0. The Hall–Kier alpha value is -5.92. The zero-order valence-electron chi connectivity index (χ0n) is 29.1. The van der Waals surface area contributed by atoms with Gasteiger partial charge in [-0.3, -0.25) is 0 Å². The van der Waals surface area contributed by atoms with E-state index >= 15 is 0 Å². The Morgan fingerprint density at radius 1 is 0.509 bits per heavy atom. The van der Waals surface area contributed by atoms with E-state index in [0.29, 0.717) is 0 Å². The fourth-order valence-corrected chi connectivity index (χ4v) is 10.8. The molecule has 9 aromatic rings. The average Bonchev–Trinajstić information content (AvgIpc) is 3.75. The van der Waals surface area contributed by atoms with Crippen LogP contribution >= 0.6 is 20.7 Å². The molecule has 0 saturated carbocycles. The van der Waals surface area contributed by atoms with Gasteiger partial charge in [-0.05, 0) is 91.5 Å². The summed E-state index contributed by atoms with van der Waals surface area (Å²) in [5.41, 5.74) is 13.9. The number of nitrogens with zero attached hydrogens (tertiary/aromatic N) is 3. The molecule has 0 aliphatic carbocycles. The lowest BCUT2D eigenvalue weighted by Crippen LogP contribution is -2.26. The van der Waals surface area contributed by atoms with Gasteiger partial charge in [0.1, 0.15) is 18.5 Å². The lowest BCUT2D eigenvalue weighted by Gasteiger charge is -2.34. The van der Waals surface area contributed by atoms with Crippen molar-refractivity contribution >= 4 is 77.7 Å². The third-order valence-corrected chi connectivity index (χ3v) is 13.7. The number of benzene rings is 7. The van der Waals surface area contributed by atoms with Crippen molar-refractivity contribution in [2.75, 3.05) is 0 Å². The summed E-state index contributed by atoms with van der Waals surface area (Å²) in [6.45, 7) is 4.70. The standard InChI is InChI=1S/C48H32IN3O/c1-48(2)38-17-9-10-19-41(38)52-40-23-20-31(26-35(40)34-16-11-18-39(48)44(34)52)32-21-24-42-36(27-32)37-28-33(22-25-43(37)53-42)46-49-45(29-12-5-3-6-13-29)50-47(51-46)30-14-7-4-8-15-30/h3-28H,1-2H3. The summed E-state index contributed by atoms with van der Waals surface area (Å²) in [5, 5.41) is 4.77. The van der Waals surface area contributed by atoms with Crippen molar-refractivity contribution in [3.63, 3.8) is 0 Å². The Labute approximate surface area is 316 Å². The third kappa shape index (κ3) is 4.70. The third-order valence-electron chi connectivity index (χ3n) is 11.0. The number of aliphatic imine (C=N–C) groups is 2. The molecular weight excluding hydrogens is 761 g/mol. The second-order valence-corrected chi connectivity index (χ2v) is 17.0. The van der Waals surface area contributed by atoms with Gasteiger partial charge in [0.25, 0.3) is 0 Å². The second kappa shape index (κ2) is 11.5. The van der Waals surface area contributed by atoms with E-state index in [9.17, 15) is 0 Å². The molecule has 5 heteroatoms. The summed E-state index contributed by atoms with van der Waals surface area (Å²) in [6, 6.07) is 56.6. The van der Waals surface area contributed by atoms with E-state index in [-0.39, 0.29) is 5.41 Å². The zero-order chi connectivity index (χ0) is 35.3. The minimum Gasteiger partial charge on any atom is -0.456 e. The van der Waals surface area contributed by atoms with Crippen molar-refractivity contribution in [1.82, 2.24) is 4.57 Å². The Morgan fingerprint density at radius 3 is 1.91 bits per heavy atom. The van der Waals surface area contributed by atoms with Crippen LogP contribution in [0.2, 0.25) is 0 Å². The minimum atomic E-state index is -0.629. The van der Waals surface area contributed by atoms with E-state index in [1.165, 1.54) is 49.7 Å². The molecule has 7 aromatic carbocycles. The maximum Gasteiger partial charge on any atom is 0.161 e. The topological polar surface area (TPSA) is 42.8 Å². The van der Waals surface area contributed by atoms with E-state index in [2.05, 4.69) is 158 Å². The Kier molecular flexibility index (Phi) is 6.68. The van der Waals surface area contributed by atoms with E-state index in [4.69, 9.17) is 14.4 Å². The molecule has 2 aliphatic rings. The van der Waals surface area contributed by atoms with Gasteiger partial charge in [0, 0.05) is 43.7 Å². The maximum atomic E-state index is 6.42. The van der Waals surface area contributed by atoms with E-state index < -0.39 is 20.7 Å². The molecule has 0 unspecified atom stereocenters. The fraction of sp³-hybridized carbons (Fsp3) is 0.0625. The highest BCUT2D eigenvalue weighted by molar-refractivity contribution is 14.2. The molecule has 11 rings (SSSR count). The summed E-state index contributed by atoms with van der Waals surface area (Å²) in [5.74, 6) is 0.760. The number of aromatic nitrogens is 1. The zero-order valence-corrected chi connectivity index (χ0v) is 31.3. The van der Waals surface area contributed by atoms with Crippen LogP contribution in [0.5, 0.6) is 0 Å².